The van der Waals surface area contributed by atoms with Crippen molar-refractivity contribution in [2.45, 2.75) is 68.7 Å². The number of nitrogens with one attached hydrogen (secondary N) is 2. The molecule has 3 atom stereocenters. The lowest BCUT2D eigenvalue weighted by Gasteiger charge is -2.41. The summed E-state index contributed by atoms with van der Waals surface area (Å²) in [5, 5.41) is 15.1. The van der Waals surface area contributed by atoms with Crippen LogP contribution in [-0.4, -0.2) is 29.3 Å². The van der Waals surface area contributed by atoms with Gasteiger partial charge >= 0.3 is 12.3 Å². The smallest absolute Gasteiger partial charge is 0.416 e. The van der Waals surface area contributed by atoms with Crippen molar-refractivity contribution in [3.05, 3.63) is 35.4 Å². The first-order valence-electron chi connectivity index (χ1n) is 8.75. The molecule has 4 nitrogen and oxygen atoms in total. The van der Waals surface area contributed by atoms with E-state index in [9.17, 15) is 18.0 Å². The predicted octanol–water partition coefficient (Wildman–Crippen LogP) is 4.12. The van der Waals surface area contributed by atoms with Gasteiger partial charge in [0.25, 0.3) is 0 Å². The van der Waals surface area contributed by atoms with Crippen molar-refractivity contribution in [2.75, 3.05) is 0 Å². The van der Waals surface area contributed by atoms with Gasteiger partial charge in [-0.2, -0.15) is 13.2 Å². The van der Waals surface area contributed by atoms with Crippen LogP contribution < -0.4 is 10.6 Å². The van der Waals surface area contributed by atoms with Gasteiger partial charge in [-0.3, -0.25) is 0 Å². The molecule has 0 aromatic heterocycles. The van der Waals surface area contributed by atoms with Gasteiger partial charge in [0.15, 0.2) is 0 Å². The number of carboxylic acid groups (broad SMARTS) is 1. The van der Waals surface area contributed by atoms with E-state index >= 15 is 0 Å². The molecule has 0 saturated heterocycles. The summed E-state index contributed by atoms with van der Waals surface area (Å²) in [6.45, 7) is 0. The van der Waals surface area contributed by atoms with Gasteiger partial charge in [0.2, 0.25) is 0 Å². The van der Waals surface area contributed by atoms with Crippen molar-refractivity contribution >= 4 is 6.09 Å². The SMILES string of the molecule is O=C(O)N[C@H]1CC[C@H](c2cccc(C(F)(F)F)c2)C[C@@H]1NC1CCC1. The van der Waals surface area contributed by atoms with Crippen molar-refractivity contribution < 1.29 is 23.1 Å². The Morgan fingerprint density at radius 1 is 1.12 bits per heavy atom. The Hall–Kier alpha value is -1.76. The first kappa shape index (κ1) is 18.0. The highest BCUT2D eigenvalue weighted by Crippen LogP contribution is 2.37. The average molecular weight is 356 g/mol. The van der Waals surface area contributed by atoms with Gasteiger partial charge in [-0.25, -0.2) is 4.79 Å². The fourth-order valence-corrected chi connectivity index (χ4v) is 3.84. The molecule has 0 aliphatic heterocycles. The Morgan fingerprint density at radius 2 is 1.88 bits per heavy atom. The Balaban J connectivity index is 1.74. The molecule has 1 aromatic rings. The van der Waals surface area contributed by atoms with Crippen molar-refractivity contribution in [2.24, 2.45) is 0 Å². The summed E-state index contributed by atoms with van der Waals surface area (Å²) in [7, 11) is 0. The molecule has 7 heteroatoms. The number of benzene rings is 1. The molecule has 138 valence electrons. The zero-order chi connectivity index (χ0) is 18.0. The number of hydrogen-bond acceptors (Lipinski definition) is 2. The maximum Gasteiger partial charge on any atom is 0.416 e. The minimum Gasteiger partial charge on any atom is -0.465 e. The van der Waals surface area contributed by atoms with Crippen molar-refractivity contribution in [1.82, 2.24) is 10.6 Å². The fraction of sp³-hybridized carbons (Fsp3) is 0.611. The number of rotatable bonds is 4. The molecule has 2 aliphatic rings. The second-order valence-electron chi connectivity index (χ2n) is 7.09. The third-order valence-corrected chi connectivity index (χ3v) is 5.40. The van der Waals surface area contributed by atoms with E-state index in [2.05, 4.69) is 10.6 Å². The van der Waals surface area contributed by atoms with Gasteiger partial charge in [-0.05, 0) is 49.7 Å². The first-order valence-corrected chi connectivity index (χ1v) is 8.75. The lowest BCUT2D eigenvalue weighted by molar-refractivity contribution is -0.137. The molecule has 0 radical (unpaired) electrons. The molecule has 0 spiro atoms. The van der Waals surface area contributed by atoms with E-state index in [1.165, 1.54) is 18.6 Å². The number of halogens is 3. The Labute approximate surface area is 144 Å². The first-order chi connectivity index (χ1) is 11.8. The highest BCUT2D eigenvalue weighted by Gasteiger charge is 2.36. The third kappa shape index (κ3) is 4.45. The van der Waals surface area contributed by atoms with Gasteiger partial charge < -0.3 is 15.7 Å². The quantitative estimate of drug-likeness (QED) is 0.760. The monoisotopic (exact) mass is 356 g/mol. The Morgan fingerprint density at radius 3 is 2.48 bits per heavy atom. The van der Waals surface area contributed by atoms with Crippen LogP contribution in [-0.2, 0) is 6.18 Å². The second kappa shape index (κ2) is 7.23. The minimum atomic E-state index is -4.35. The van der Waals surface area contributed by atoms with E-state index in [4.69, 9.17) is 5.11 Å². The van der Waals surface area contributed by atoms with Gasteiger partial charge in [0, 0.05) is 18.1 Å². The maximum atomic E-state index is 13.0. The van der Waals surface area contributed by atoms with Crippen LogP contribution in [0.2, 0.25) is 0 Å². The van der Waals surface area contributed by atoms with Crippen LogP contribution in [0.5, 0.6) is 0 Å². The molecule has 1 aromatic carbocycles. The molecule has 2 aliphatic carbocycles. The van der Waals surface area contributed by atoms with Crippen LogP contribution in [0.15, 0.2) is 24.3 Å². The predicted molar refractivity (Wildman–Crippen MR) is 87.5 cm³/mol. The molecule has 2 saturated carbocycles. The van der Waals surface area contributed by atoms with Crippen LogP contribution in [0.4, 0.5) is 18.0 Å². The highest BCUT2D eigenvalue weighted by atomic mass is 19.4. The van der Waals surface area contributed by atoms with Gasteiger partial charge in [0.1, 0.15) is 0 Å². The van der Waals surface area contributed by atoms with E-state index in [0.717, 1.165) is 18.9 Å². The number of alkyl halides is 3. The Kier molecular flexibility index (Phi) is 5.22. The summed E-state index contributed by atoms with van der Waals surface area (Å²) in [4.78, 5) is 11.0. The number of amides is 1. The van der Waals surface area contributed by atoms with E-state index in [1.807, 2.05) is 0 Å². The molecule has 3 N–H and O–H groups in total. The summed E-state index contributed by atoms with van der Waals surface area (Å²) >= 11 is 0. The summed E-state index contributed by atoms with van der Waals surface area (Å²) in [6.07, 6.45) is -0.145. The average Bonchev–Trinajstić information content (AvgIpc) is 2.51. The van der Waals surface area contributed by atoms with Crippen LogP contribution in [0, 0.1) is 0 Å². The summed E-state index contributed by atoms with van der Waals surface area (Å²) in [6, 6.07) is 5.67. The van der Waals surface area contributed by atoms with Gasteiger partial charge in [0.05, 0.1) is 5.56 Å². The lowest BCUT2D eigenvalue weighted by Crippen LogP contribution is -2.56. The third-order valence-electron chi connectivity index (χ3n) is 5.40. The van der Waals surface area contributed by atoms with Crippen LogP contribution in [0.1, 0.15) is 55.6 Å². The molecule has 0 bridgehead atoms. The van der Waals surface area contributed by atoms with Crippen molar-refractivity contribution in [3.63, 3.8) is 0 Å². The number of carbonyl (C=O) groups is 1. The minimum absolute atomic E-state index is 0.00622. The Bertz CT molecular complexity index is 617. The van der Waals surface area contributed by atoms with Gasteiger partial charge in [-0.15, -0.1) is 0 Å². The molecule has 3 rings (SSSR count). The number of hydrogen-bond donors (Lipinski definition) is 3. The molecular formula is C18H23F3N2O2. The standard InChI is InChI=1S/C18H23F3N2O2/c19-18(20,21)13-4-1-3-11(9-13)12-7-8-15(23-17(24)25)16(10-12)22-14-5-2-6-14/h1,3-4,9,12,14-16,22-23H,2,5-8,10H2,(H,24,25)/t12-,15-,16-/m0/s1. The van der Waals surface area contributed by atoms with E-state index in [1.54, 1.807) is 6.07 Å². The highest BCUT2D eigenvalue weighted by molar-refractivity contribution is 5.65. The zero-order valence-electron chi connectivity index (χ0n) is 13.9. The fourth-order valence-electron chi connectivity index (χ4n) is 3.84. The maximum absolute atomic E-state index is 13.0. The topological polar surface area (TPSA) is 61.4 Å². The van der Waals surface area contributed by atoms with Crippen LogP contribution >= 0.6 is 0 Å². The van der Waals surface area contributed by atoms with E-state index in [0.29, 0.717) is 30.9 Å². The summed E-state index contributed by atoms with van der Waals surface area (Å²) in [5.74, 6) is 0.00622. The van der Waals surface area contributed by atoms with Crippen molar-refractivity contribution in [3.8, 4) is 0 Å². The largest absolute Gasteiger partial charge is 0.465 e. The molecule has 0 heterocycles. The van der Waals surface area contributed by atoms with E-state index in [-0.39, 0.29) is 18.0 Å². The second-order valence-corrected chi connectivity index (χ2v) is 7.09. The summed E-state index contributed by atoms with van der Waals surface area (Å²) in [5.41, 5.74) is 0.0586. The molecule has 0 unspecified atom stereocenters. The van der Waals surface area contributed by atoms with E-state index < -0.39 is 17.8 Å². The van der Waals surface area contributed by atoms with Gasteiger partial charge in [-0.1, -0.05) is 24.6 Å². The zero-order valence-corrected chi connectivity index (χ0v) is 13.9. The van der Waals surface area contributed by atoms with Crippen LogP contribution in [0.3, 0.4) is 0 Å². The van der Waals surface area contributed by atoms with Crippen molar-refractivity contribution in [1.29, 1.82) is 0 Å². The lowest BCUT2D eigenvalue weighted by atomic mass is 9.77. The molecule has 2 fully saturated rings. The normalized spacial score (nSPS) is 27.6. The molecule has 1 amide bonds. The van der Waals surface area contributed by atoms with Crippen LogP contribution in [0.25, 0.3) is 0 Å². The summed E-state index contributed by atoms with van der Waals surface area (Å²) < 4.78 is 38.9. The molecule has 25 heavy (non-hydrogen) atoms. The molecular weight excluding hydrogens is 333 g/mol.